The normalized spacial score (nSPS) is 11.2. The van der Waals surface area contributed by atoms with Crippen LogP contribution < -0.4 is 5.32 Å². The van der Waals surface area contributed by atoms with E-state index in [2.05, 4.69) is 20.5 Å². The third-order valence-corrected chi connectivity index (χ3v) is 6.11. The molecule has 10 heteroatoms. The van der Waals surface area contributed by atoms with Gasteiger partial charge in [-0.15, -0.1) is 0 Å². The number of carbonyl (C=O) groups is 1. The molecule has 0 aliphatic heterocycles. The molecule has 3 aromatic heterocycles. The molecule has 0 saturated heterocycles. The second kappa shape index (κ2) is 9.48. The first kappa shape index (κ1) is 23.0. The van der Waals surface area contributed by atoms with Crippen molar-refractivity contribution < 1.29 is 9.18 Å². The van der Waals surface area contributed by atoms with Crippen LogP contribution in [0.5, 0.6) is 0 Å². The molecule has 0 atom stereocenters. The van der Waals surface area contributed by atoms with Crippen LogP contribution in [0.15, 0.2) is 67.1 Å². The topological polar surface area (TPSA) is 77.6 Å². The Kier molecular flexibility index (Phi) is 6.23. The van der Waals surface area contributed by atoms with E-state index >= 15 is 0 Å². The summed E-state index contributed by atoms with van der Waals surface area (Å²) in [4.78, 5) is 17.2. The summed E-state index contributed by atoms with van der Waals surface area (Å²) in [5.74, 6) is -0.574. The second-order valence-electron chi connectivity index (χ2n) is 8.02. The molecule has 2 aromatic carbocycles. The molecule has 176 valence electrons. The van der Waals surface area contributed by atoms with Crippen LogP contribution in [0.2, 0.25) is 10.0 Å². The van der Waals surface area contributed by atoms with Crippen LogP contribution in [0.25, 0.3) is 22.2 Å². The minimum absolute atomic E-state index is 0.0294. The van der Waals surface area contributed by atoms with Crippen molar-refractivity contribution in [3.63, 3.8) is 0 Å². The Morgan fingerprint density at radius 2 is 1.91 bits per heavy atom. The average molecular weight is 509 g/mol. The van der Waals surface area contributed by atoms with Gasteiger partial charge in [-0.1, -0.05) is 41.4 Å². The summed E-state index contributed by atoms with van der Waals surface area (Å²) < 4.78 is 16.6. The number of rotatable bonds is 6. The molecule has 0 unspecified atom stereocenters. The third-order valence-electron chi connectivity index (χ3n) is 5.52. The molecular weight excluding hydrogens is 490 g/mol. The molecule has 7 nitrogen and oxygen atoms in total. The van der Waals surface area contributed by atoms with E-state index in [1.807, 2.05) is 19.1 Å². The predicted molar refractivity (Wildman–Crippen MR) is 134 cm³/mol. The van der Waals surface area contributed by atoms with Crippen molar-refractivity contribution in [2.45, 2.75) is 20.0 Å². The zero-order chi connectivity index (χ0) is 24.5. The summed E-state index contributed by atoms with van der Waals surface area (Å²) in [6.45, 7) is 2.26. The number of aryl methyl sites for hydroxylation is 1. The lowest BCUT2D eigenvalue weighted by molar-refractivity contribution is -0.116. The fourth-order valence-electron chi connectivity index (χ4n) is 3.94. The monoisotopic (exact) mass is 508 g/mol. The van der Waals surface area contributed by atoms with Gasteiger partial charge in [0.05, 0.1) is 24.1 Å². The highest BCUT2D eigenvalue weighted by Crippen LogP contribution is 2.30. The first-order valence-corrected chi connectivity index (χ1v) is 11.5. The van der Waals surface area contributed by atoms with Gasteiger partial charge in [-0.3, -0.25) is 9.48 Å². The number of aromatic nitrogens is 5. The molecule has 1 amide bonds. The van der Waals surface area contributed by atoms with Gasteiger partial charge in [-0.05, 0) is 53.9 Å². The van der Waals surface area contributed by atoms with Crippen LogP contribution in [0.4, 0.5) is 10.1 Å². The van der Waals surface area contributed by atoms with Gasteiger partial charge in [0.1, 0.15) is 12.4 Å². The zero-order valence-corrected chi connectivity index (χ0v) is 20.1. The maximum Gasteiger partial charge on any atom is 0.246 e. The first-order valence-electron chi connectivity index (χ1n) is 10.7. The van der Waals surface area contributed by atoms with E-state index in [4.69, 9.17) is 23.2 Å². The number of fused-ring (bicyclic) bond motifs is 1. The summed E-state index contributed by atoms with van der Waals surface area (Å²) >= 11 is 12.2. The molecule has 1 N–H and O–H groups in total. The van der Waals surface area contributed by atoms with Crippen molar-refractivity contribution in [2.75, 3.05) is 5.32 Å². The number of halogens is 3. The van der Waals surface area contributed by atoms with Gasteiger partial charge in [0, 0.05) is 27.8 Å². The van der Waals surface area contributed by atoms with E-state index in [-0.39, 0.29) is 18.3 Å². The lowest BCUT2D eigenvalue weighted by Crippen LogP contribution is -2.19. The van der Waals surface area contributed by atoms with Gasteiger partial charge < -0.3 is 5.32 Å². The largest absolute Gasteiger partial charge is 0.322 e. The van der Waals surface area contributed by atoms with E-state index in [0.29, 0.717) is 27.9 Å². The van der Waals surface area contributed by atoms with Gasteiger partial charge in [-0.2, -0.15) is 10.2 Å². The molecule has 5 rings (SSSR count). The fourth-order valence-corrected chi connectivity index (χ4v) is 4.41. The minimum atomic E-state index is -0.303. The van der Waals surface area contributed by atoms with Crippen LogP contribution >= 0.6 is 23.2 Å². The molecule has 0 radical (unpaired) electrons. The van der Waals surface area contributed by atoms with Gasteiger partial charge in [-0.25, -0.2) is 14.1 Å². The van der Waals surface area contributed by atoms with Crippen LogP contribution in [0.1, 0.15) is 11.3 Å². The van der Waals surface area contributed by atoms with Gasteiger partial charge in [0.2, 0.25) is 5.91 Å². The number of amides is 1. The van der Waals surface area contributed by atoms with E-state index < -0.39 is 0 Å². The maximum atomic E-state index is 13.4. The molecule has 0 aliphatic carbocycles. The Labute approximate surface area is 210 Å². The molecule has 0 bridgehead atoms. The molecule has 0 aliphatic rings. The van der Waals surface area contributed by atoms with Crippen molar-refractivity contribution in [2.24, 2.45) is 0 Å². The first-order chi connectivity index (χ1) is 16.9. The molecule has 5 aromatic rings. The van der Waals surface area contributed by atoms with Crippen molar-refractivity contribution in [1.82, 2.24) is 24.5 Å². The highest BCUT2D eigenvalue weighted by Gasteiger charge is 2.16. The zero-order valence-electron chi connectivity index (χ0n) is 18.5. The van der Waals surface area contributed by atoms with E-state index in [9.17, 15) is 9.18 Å². The SMILES string of the molecule is Cc1nn(CC(=O)Nc2cnn(Cc3ccc(Cl)cc3Cl)c2)c2nccc(-c3ccc(F)cc3)c12. The molecule has 0 saturated carbocycles. The van der Waals surface area contributed by atoms with Crippen molar-refractivity contribution in [3.8, 4) is 11.1 Å². The molecule has 35 heavy (non-hydrogen) atoms. The van der Waals surface area contributed by atoms with Crippen LogP contribution in [-0.2, 0) is 17.9 Å². The smallest absolute Gasteiger partial charge is 0.246 e. The number of nitrogens with one attached hydrogen (secondary N) is 1. The highest BCUT2D eigenvalue weighted by molar-refractivity contribution is 6.35. The summed E-state index contributed by atoms with van der Waals surface area (Å²) in [5, 5.41) is 13.6. The molecule has 0 fully saturated rings. The van der Waals surface area contributed by atoms with Crippen LogP contribution in [0.3, 0.4) is 0 Å². The molecular formula is C25H19Cl2FN6O. The Bertz CT molecular complexity index is 1540. The predicted octanol–water partition coefficient (Wildman–Crippen LogP) is 5.74. The summed E-state index contributed by atoms with van der Waals surface area (Å²) in [7, 11) is 0. The Balaban J connectivity index is 1.32. The van der Waals surface area contributed by atoms with E-state index in [1.165, 1.54) is 12.1 Å². The number of hydrogen-bond donors (Lipinski definition) is 1. The Morgan fingerprint density at radius 3 is 2.69 bits per heavy atom. The highest BCUT2D eigenvalue weighted by atomic mass is 35.5. The molecule has 0 spiro atoms. The third kappa shape index (κ3) is 4.89. The van der Waals surface area contributed by atoms with Crippen LogP contribution in [0, 0.1) is 12.7 Å². The number of nitrogens with zero attached hydrogens (tertiary/aromatic N) is 5. The van der Waals surface area contributed by atoms with Gasteiger partial charge in [0.15, 0.2) is 5.65 Å². The van der Waals surface area contributed by atoms with E-state index in [0.717, 1.165) is 27.8 Å². The number of anilines is 1. The van der Waals surface area contributed by atoms with Crippen molar-refractivity contribution in [3.05, 3.63) is 94.2 Å². The summed E-state index contributed by atoms with van der Waals surface area (Å²) in [6, 6.07) is 13.4. The second-order valence-corrected chi connectivity index (χ2v) is 8.86. The van der Waals surface area contributed by atoms with Crippen molar-refractivity contribution in [1.29, 1.82) is 0 Å². The van der Waals surface area contributed by atoms with Gasteiger partial charge >= 0.3 is 0 Å². The minimum Gasteiger partial charge on any atom is -0.322 e. The Hall–Kier alpha value is -3.75. The quantitative estimate of drug-likeness (QED) is 0.317. The summed E-state index contributed by atoms with van der Waals surface area (Å²) in [6.07, 6.45) is 4.95. The number of benzene rings is 2. The number of carbonyl (C=O) groups excluding carboxylic acids is 1. The fraction of sp³-hybridized carbons (Fsp3) is 0.120. The van der Waals surface area contributed by atoms with E-state index in [1.54, 1.807) is 52.2 Å². The van der Waals surface area contributed by atoms with Crippen molar-refractivity contribution >= 4 is 45.8 Å². The van der Waals surface area contributed by atoms with Crippen LogP contribution in [-0.4, -0.2) is 30.5 Å². The molecule has 3 heterocycles. The number of pyridine rings is 1. The average Bonchev–Trinajstić information content (AvgIpc) is 3.40. The lowest BCUT2D eigenvalue weighted by atomic mass is 10.0. The lowest BCUT2D eigenvalue weighted by Gasteiger charge is -2.06. The standard InChI is InChI=1S/C25H19Cl2FN6O/c1-15-24-21(16-3-6-19(28)7-4-16)8-9-29-25(24)34(32-15)14-23(35)31-20-11-30-33(13-20)12-17-2-5-18(26)10-22(17)27/h2-11,13H,12,14H2,1H3,(H,31,35). The summed E-state index contributed by atoms with van der Waals surface area (Å²) in [5.41, 5.74) is 4.44. The number of hydrogen-bond acceptors (Lipinski definition) is 4. The Morgan fingerprint density at radius 1 is 1.11 bits per heavy atom. The maximum absolute atomic E-state index is 13.4. The van der Waals surface area contributed by atoms with Gasteiger partial charge in [0.25, 0.3) is 0 Å².